The molecule has 4 rings (SSSR count). The number of nitrogens with two attached hydrogens (primary N) is 2. The van der Waals surface area contributed by atoms with E-state index in [1.807, 2.05) is 0 Å². The van der Waals surface area contributed by atoms with Crippen LogP contribution in [0.3, 0.4) is 0 Å². The molecule has 0 radical (unpaired) electrons. The van der Waals surface area contributed by atoms with Gasteiger partial charge in [0.2, 0.25) is 11.8 Å². The maximum atomic E-state index is 13.2. The molecule has 0 aliphatic heterocycles. The average molecular weight is 681 g/mol. The number of primary amides is 1. The maximum absolute atomic E-state index is 13.2. The molecule has 5 amide bonds. The van der Waals surface area contributed by atoms with Crippen molar-refractivity contribution < 1.29 is 38.2 Å². The first-order valence-corrected chi connectivity index (χ1v) is 15.3. The molecule has 4 aromatic rings. The highest BCUT2D eigenvalue weighted by Crippen LogP contribution is 2.28. The lowest BCUT2D eigenvalue weighted by Crippen LogP contribution is -2.46. The van der Waals surface area contributed by atoms with Gasteiger partial charge in [-0.1, -0.05) is 0 Å². The highest BCUT2D eigenvalue weighted by Gasteiger charge is 2.24. The SMILES string of the molecule is COC(=O)c1ccc(NC(=O)c2ccc(NC(=O)c3ccc(NC(=O)C(CC(N)=O)NC(=O)c4ccc(N)cc4)cc3)c(OC(C)C)c2)cc1. The zero-order valence-corrected chi connectivity index (χ0v) is 27.4. The van der Waals surface area contributed by atoms with Gasteiger partial charge in [-0.25, -0.2) is 4.79 Å². The third kappa shape index (κ3) is 9.90. The molecule has 0 saturated heterocycles. The summed E-state index contributed by atoms with van der Waals surface area (Å²) in [6.07, 6.45) is -0.731. The first-order valence-electron chi connectivity index (χ1n) is 15.3. The van der Waals surface area contributed by atoms with Gasteiger partial charge in [0.25, 0.3) is 17.7 Å². The summed E-state index contributed by atoms with van der Waals surface area (Å²) in [6, 6.07) is 21.4. The van der Waals surface area contributed by atoms with E-state index in [1.54, 1.807) is 26.0 Å². The largest absolute Gasteiger partial charge is 0.489 e. The molecule has 258 valence electrons. The van der Waals surface area contributed by atoms with Crippen LogP contribution < -0.4 is 37.5 Å². The normalized spacial score (nSPS) is 11.1. The van der Waals surface area contributed by atoms with Gasteiger partial charge in [0.1, 0.15) is 11.8 Å². The van der Waals surface area contributed by atoms with Crippen molar-refractivity contribution >= 4 is 58.3 Å². The second-order valence-electron chi connectivity index (χ2n) is 11.2. The van der Waals surface area contributed by atoms with Crippen LogP contribution >= 0.6 is 0 Å². The molecule has 14 nitrogen and oxygen atoms in total. The lowest BCUT2D eigenvalue weighted by Gasteiger charge is -2.18. The summed E-state index contributed by atoms with van der Waals surface area (Å²) in [4.78, 5) is 75.1. The number of rotatable bonds is 13. The van der Waals surface area contributed by atoms with Crippen molar-refractivity contribution in [3.63, 3.8) is 0 Å². The Morgan fingerprint density at radius 2 is 1.18 bits per heavy atom. The van der Waals surface area contributed by atoms with Crippen molar-refractivity contribution in [3.05, 3.63) is 113 Å². The molecule has 0 fully saturated rings. The number of carbonyl (C=O) groups is 6. The van der Waals surface area contributed by atoms with Crippen molar-refractivity contribution in [3.8, 4) is 5.75 Å². The highest BCUT2D eigenvalue weighted by molar-refractivity contribution is 6.08. The Kier molecular flexibility index (Phi) is 11.9. The topological polar surface area (TPSA) is 221 Å². The van der Waals surface area contributed by atoms with Gasteiger partial charge in [0.05, 0.1) is 30.9 Å². The van der Waals surface area contributed by atoms with Crippen LogP contribution in [0.5, 0.6) is 5.75 Å². The van der Waals surface area contributed by atoms with Gasteiger partial charge >= 0.3 is 5.97 Å². The molecule has 14 heteroatoms. The first-order chi connectivity index (χ1) is 23.8. The maximum Gasteiger partial charge on any atom is 0.337 e. The fourth-order valence-corrected chi connectivity index (χ4v) is 4.54. The predicted octanol–water partition coefficient (Wildman–Crippen LogP) is 3.96. The molecular formula is C36H36N6O8. The second-order valence-corrected chi connectivity index (χ2v) is 11.2. The summed E-state index contributed by atoms with van der Waals surface area (Å²) in [6.45, 7) is 3.59. The number of carbonyl (C=O) groups excluding carboxylic acids is 6. The number of hydrogen-bond acceptors (Lipinski definition) is 9. The summed E-state index contributed by atoms with van der Waals surface area (Å²) in [5.74, 6) is -3.27. The standard InChI is InChI=1S/C36H36N6O8/c1-20(2)50-30-18-24(34(46)39-26-15-8-23(9-16-26)36(48)49-3)10-17-28(30)41-32(44)22-6-13-27(14-7-22)40-35(47)29(19-31(38)43)42-33(45)21-4-11-25(37)12-5-21/h4-18,20,29H,19,37H2,1-3H3,(H2,38,43)(H,39,46)(H,40,47)(H,41,44)(H,42,45). The van der Waals surface area contributed by atoms with Gasteiger partial charge < -0.3 is 42.2 Å². The number of amides is 5. The lowest BCUT2D eigenvalue weighted by molar-refractivity contribution is -0.123. The van der Waals surface area contributed by atoms with Crippen LogP contribution in [0.2, 0.25) is 0 Å². The molecular weight excluding hydrogens is 644 g/mol. The van der Waals surface area contributed by atoms with E-state index in [1.165, 1.54) is 86.0 Å². The Labute approximate surface area is 287 Å². The Bertz CT molecular complexity index is 1890. The van der Waals surface area contributed by atoms with E-state index < -0.39 is 48.0 Å². The van der Waals surface area contributed by atoms with E-state index in [2.05, 4.69) is 26.0 Å². The van der Waals surface area contributed by atoms with Crippen molar-refractivity contribution in [2.24, 2.45) is 5.73 Å². The Hall–Kier alpha value is -6.70. The summed E-state index contributed by atoms with van der Waals surface area (Å²) in [5, 5.41) is 10.6. The second kappa shape index (κ2) is 16.4. The molecule has 0 bridgehead atoms. The highest BCUT2D eigenvalue weighted by atomic mass is 16.5. The summed E-state index contributed by atoms with van der Waals surface area (Å²) >= 11 is 0. The van der Waals surface area contributed by atoms with Gasteiger partial charge in [-0.05, 0) is 105 Å². The quantitative estimate of drug-likeness (QED) is 0.0887. The van der Waals surface area contributed by atoms with Crippen molar-refractivity contribution in [2.75, 3.05) is 28.8 Å². The molecule has 50 heavy (non-hydrogen) atoms. The molecule has 4 aromatic carbocycles. The van der Waals surface area contributed by atoms with E-state index in [9.17, 15) is 28.8 Å². The van der Waals surface area contributed by atoms with Crippen LogP contribution in [0.4, 0.5) is 22.7 Å². The van der Waals surface area contributed by atoms with Crippen molar-refractivity contribution in [1.82, 2.24) is 5.32 Å². The molecule has 8 N–H and O–H groups in total. The smallest absolute Gasteiger partial charge is 0.337 e. The molecule has 0 aliphatic carbocycles. The van der Waals surface area contributed by atoms with Crippen molar-refractivity contribution in [1.29, 1.82) is 0 Å². The van der Waals surface area contributed by atoms with Gasteiger partial charge in [-0.15, -0.1) is 0 Å². The third-order valence-corrected chi connectivity index (χ3v) is 7.03. The van der Waals surface area contributed by atoms with Crippen LogP contribution in [0.25, 0.3) is 0 Å². The molecule has 0 heterocycles. The van der Waals surface area contributed by atoms with Gasteiger partial charge in [-0.3, -0.25) is 24.0 Å². The number of esters is 1. The van der Waals surface area contributed by atoms with Gasteiger partial charge in [0.15, 0.2) is 0 Å². The summed E-state index contributed by atoms with van der Waals surface area (Å²) < 4.78 is 10.6. The van der Waals surface area contributed by atoms with Crippen LogP contribution in [-0.4, -0.2) is 54.8 Å². The van der Waals surface area contributed by atoms with Crippen molar-refractivity contribution in [2.45, 2.75) is 32.4 Å². The number of nitrogen functional groups attached to an aromatic ring is 1. The van der Waals surface area contributed by atoms with Gasteiger partial charge in [0, 0.05) is 33.8 Å². The molecule has 0 aromatic heterocycles. The number of nitrogens with one attached hydrogen (secondary N) is 4. The Morgan fingerprint density at radius 3 is 1.76 bits per heavy atom. The minimum Gasteiger partial charge on any atom is -0.489 e. The van der Waals surface area contributed by atoms with Gasteiger partial charge in [-0.2, -0.15) is 0 Å². The molecule has 1 unspecified atom stereocenters. The Balaban J connectivity index is 1.42. The summed E-state index contributed by atoms with van der Waals surface area (Å²) in [7, 11) is 1.28. The number of benzene rings is 4. The van der Waals surface area contributed by atoms with Crippen LogP contribution in [0, 0.1) is 0 Å². The van der Waals surface area contributed by atoms with Crippen LogP contribution in [-0.2, 0) is 14.3 Å². The fourth-order valence-electron chi connectivity index (χ4n) is 4.54. The number of methoxy groups -OCH3 is 1. The first kappa shape index (κ1) is 36.1. The molecule has 0 aliphatic rings. The van der Waals surface area contributed by atoms with E-state index in [4.69, 9.17) is 16.2 Å². The summed E-state index contributed by atoms with van der Waals surface area (Å²) in [5.41, 5.74) is 13.6. The Morgan fingerprint density at radius 1 is 0.660 bits per heavy atom. The number of anilines is 4. The molecule has 0 spiro atoms. The van der Waals surface area contributed by atoms with Crippen LogP contribution in [0.15, 0.2) is 91.0 Å². The van der Waals surface area contributed by atoms with E-state index in [0.29, 0.717) is 28.3 Å². The molecule has 0 saturated carbocycles. The minimum atomic E-state index is -1.27. The fraction of sp³-hybridized carbons (Fsp3) is 0.167. The van der Waals surface area contributed by atoms with Crippen LogP contribution in [0.1, 0.15) is 61.7 Å². The zero-order chi connectivity index (χ0) is 36.4. The zero-order valence-electron chi connectivity index (χ0n) is 27.4. The predicted molar refractivity (Wildman–Crippen MR) is 187 cm³/mol. The minimum absolute atomic E-state index is 0.237. The van der Waals surface area contributed by atoms with E-state index in [0.717, 1.165) is 0 Å². The number of ether oxygens (including phenoxy) is 2. The van der Waals surface area contributed by atoms with E-state index >= 15 is 0 Å². The lowest BCUT2D eigenvalue weighted by atomic mass is 10.1. The third-order valence-electron chi connectivity index (χ3n) is 7.03. The molecule has 1 atom stereocenters. The van der Waals surface area contributed by atoms with E-state index in [-0.39, 0.29) is 28.5 Å². The average Bonchev–Trinajstić information content (AvgIpc) is 3.08. The number of hydrogen-bond donors (Lipinski definition) is 6. The monoisotopic (exact) mass is 680 g/mol.